The first kappa shape index (κ1) is 11.0. The number of rotatable bonds is 3. The van der Waals surface area contributed by atoms with Gasteiger partial charge in [-0.1, -0.05) is 43.0 Å². The van der Waals surface area contributed by atoms with Crippen LogP contribution in [0, 0.1) is 0 Å². The van der Waals surface area contributed by atoms with Gasteiger partial charge in [-0.2, -0.15) is 0 Å². The molecule has 3 heteroatoms. The van der Waals surface area contributed by atoms with Gasteiger partial charge in [0.25, 0.3) is 0 Å². The zero-order valence-corrected chi connectivity index (χ0v) is 10.6. The highest BCUT2D eigenvalue weighted by Gasteiger charge is 2.05. The van der Waals surface area contributed by atoms with Gasteiger partial charge in [0.1, 0.15) is 5.82 Å². The summed E-state index contributed by atoms with van der Waals surface area (Å²) in [5.74, 6) is 0.897. The second kappa shape index (κ2) is 4.63. The summed E-state index contributed by atoms with van der Waals surface area (Å²) in [6, 6.07) is 12.3. The van der Waals surface area contributed by atoms with E-state index in [-0.39, 0.29) is 0 Å². The monoisotopic (exact) mass is 252 g/mol. The molecule has 0 amide bonds. The summed E-state index contributed by atoms with van der Waals surface area (Å²) in [6.07, 6.45) is 3.71. The van der Waals surface area contributed by atoms with Crippen molar-refractivity contribution >= 4 is 17.4 Å². The third kappa shape index (κ3) is 2.00. The first-order valence-electron chi connectivity index (χ1n) is 5.68. The third-order valence-corrected chi connectivity index (χ3v) is 3.69. The Morgan fingerprint density at radius 1 is 1.17 bits per heavy atom. The summed E-state index contributed by atoms with van der Waals surface area (Å²) < 4.78 is 0. The van der Waals surface area contributed by atoms with E-state index in [0.29, 0.717) is 0 Å². The fourth-order valence-corrected chi connectivity index (χ4v) is 2.49. The van der Waals surface area contributed by atoms with Crippen LogP contribution in [0.5, 0.6) is 0 Å². The van der Waals surface area contributed by atoms with Crippen molar-refractivity contribution < 1.29 is 0 Å². The van der Waals surface area contributed by atoms with Crippen LogP contribution in [-0.2, 0) is 0 Å². The molecule has 1 N–H and O–H groups in total. The molecule has 2 aromatic heterocycles. The van der Waals surface area contributed by atoms with Gasteiger partial charge < -0.3 is 4.98 Å². The quantitative estimate of drug-likeness (QED) is 0.733. The maximum Gasteiger partial charge on any atom is 0.137 e. The molecule has 88 valence electrons. The molecule has 0 aliphatic heterocycles. The zero-order chi connectivity index (χ0) is 12.4. The predicted octanol–water partition coefficient (Wildman–Crippen LogP) is 4.45. The average Bonchev–Trinajstić information content (AvgIpc) is 3.09. The minimum Gasteiger partial charge on any atom is -0.337 e. The second-order valence-electron chi connectivity index (χ2n) is 3.95. The lowest BCUT2D eigenvalue weighted by Gasteiger charge is -1.98. The van der Waals surface area contributed by atoms with Gasteiger partial charge in [-0.05, 0) is 17.0 Å². The topological polar surface area (TPSA) is 28.7 Å². The van der Waals surface area contributed by atoms with Crippen LogP contribution in [0.25, 0.3) is 28.0 Å². The summed E-state index contributed by atoms with van der Waals surface area (Å²) in [4.78, 5) is 8.97. The van der Waals surface area contributed by atoms with E-state index < -0.39 is 0 Å². The zero-order valence-electron chi connectivity index (χ0n) is 9.76. The maximum atomic E-state index is 4.42. The van der Waals surface area contributed by atoms with Gasteiger partial charge >= 0.3 is 0 Å². The number of H-pyrrole nitrogens is 1. The number of nitrogens with one attached hydrogen (secondary N) is 1. The Kier molecular flexibility index (Phi) is 2.82. The van der Waals surface area contributed by atoms with E-state index in [1.165, 1.54) is 4.88 Å². The van der Waals surface area contributed by atoms with E-state index >= 15 is 0 Å². The Labute approximate surface area is 110 Å². The summed E-state index contributed by atoms with van der Waals surface area (Å²) in [5.41, 5.74) is 3.26. The lowest BCUT2D eigenvalue weighted by atomic mass is 10.1. The highest BCUT2D eigenvalue weighted by molar-refractivity contribution is 7.13. The molecule has 0 unspecified atom stereocenters. The first-order valence-corrected chi connectivity index (χ1v) is 6.56. The van der Waals surface area contributed by atoms with Crippen molar-refractivity contribution in [3.05, 3.63) is 60.1 Å². The number of benzene rings is 1. The molecule has 3 rings (SSSR count). The lowest BCUT2D eigenvalue weighted by Crippen LogP contribution is -1.80. The Bertz CT molecular complexity index is 648. The molecular weight excluding hydrogens is 240 g/mol. The van der Waals surface area contributed by atoms with Crippen molar-refractivity contribution in [1.82, 2.24) is 9.97 Å². The normalized spacial score (nSPS) is 10.4. The molecule has 2 heterocycles. The van der Waals surface area contributed by atoms with E-state index in [0.717, 1.165) is 22.6 Å². The molecule has 0 bridgehead atoms. The molecule has 0 atom stereocenters. The van der Waals surface area contributed by atoms with Crippen LogP contribution in [0.1, 0.15) is 5.56 Å². The number of hydrogen-bond donors (Lipinski definition) is 1. The Balaban J connectivity index is 1.95. The number of aromatic nitrogens is 2. The van der Waals surface area contributed by atoms with Gasteiger partial charge in [-0.15, -0.1) is 11.3 Å². The van der Waals surface area contributed by atoms with Crippen LogP contribution in [0.4, 0.5) is 0 Å². The van der Waals surface area contributed by atoms with E-state index in [9.17, 15) is 0 Å². The van der Waals surface area contributed by atoms with Crippen molar-refractivity contribution in [3.63, 3.8) is 0 Å². The highest BCUT2D eigenvalue weighted by atomic mass is 32.1. The number of nitrogens with zero attached hydrogens (tertiary/aromatic N) is 1. The van der Waals surface area contributed by atoms with Crippen LogP contribution < -0.4 is 0 Å². The van der Waals surface area contributed by atoms with Gasteiger partial charge in [0.05, 0.1) is 16.8 Å². The number of thiophene rings is 1. The minimum absolute atomic E-state index is 0.897. The standard InChI is InChI=1S/C15H12N2S/c1-2-11-5-7-12(8-6-11)15-16-10-13(17-15)14-4-3-9-18-14/h2-10H,1H2,(H,16,17). The molecule has 18 heavy (non-hydrogen) atoms. The summed E-state index contributed by atoms with van der Waals surface area (Å²) in [6.45, 7) is 3.75. The van der Waals surface area contributed by atoms with E-state index in [4.69, 9.17) is 0 Å². The SMILES string of the molecule is C=Cc1ccc(-c2ncc(-c3cccs3)[nH]2)cc1. The Morgan fingerprint density at radius 2 is 2.00 bits per heavy atom. The first-order chi connectivity index (χ1) is 8.86. The lowest BCUT2D eigenvalue weighted by molar-refractivity contribution is 1.31. The van der Waals surface area contributed by atoms with Crippen LogP contribution in [-0.4, -0.2) is 9.97 Å². The fourth-order valence-electron chi connectivity index (χ4n) is 1.80. The predicted molar refractivity (Wildman–Crippen MR) is 77.4 cm³/mol. The number of imidazole rings is 1. The van der Waals surface area contributed by atoms with Crippen LogP contribution >= 0.6 is 11.3 Å². The molecule has 0 saturated heterocycles. The average molecular weight is 252 g/mol. The summed E-state index contributed by atoms with van der Waals surface area (Å²) in [7, 11) is 0. The summed E-state index contributed by atoms with van der Waals surface area (Å²) >= 11 is 1.71. The van der Waals surface area contributed by atoms with Crippen LogP contribution in [0.15, 0.2) is 54.6 Å². The third-order valence-electron chi connectivity index (χ3n) is 2.78. The van der Waals surface area contributed by atoms with E-state index in [1.807, 2.05) is 42.6 Å². The molecular formula is C15H12N2S. The van der Waals surface area contributed by atoms with Gasteiger partial charge in [0.15, 0.2) is 0 Å². The van der Waals surface area contributed by atoms with Crippen molar-refractivity contribution in [2.75, 3.05) is 0 Å². The number of aromatic amines is 1. The molecule has 3 aromatic rings. The van der Waals surface area contributed by atoms with Gasteiger partial charge in [-0.3, -0.25) is 0 Å². The molecule has 0 saturated carbocycles. The van der Waals surface area contributed by atoms with Crippen molar-refractivity contribution in [2.45, 2.75) is 0 Å². The van der Waals surface area contributed by atoms with E-state index in [2.05, 4.69) is 28.0 Å². The van der Waals surface area contributed by atoms with Crippen molar-refractivity contribution in [3.8, 4) is 22.0 Å². The van der Waals surface area contributed by atoms with Gasteiger partial charge in [-0.25, -0.2) is 4.98 Å². The minimum atomic E-state index is 0.897. The maximum absolute atomic E-state index is 4.42. The van der Waals surface area contributed by atoms with Crippen LogP contribution in [0.2, 0.25) is 0 Å². The summed E-state index contributed by atoms with van der Waals surface area (Å²) in [5, 5.41) is 2.06. The molecule has 1 aromatic carbocycles. The van der Waals surface area contributed by atoms with Crippen molar-refractivity contribution in [2.24, 2.45) is 0 Å². The smallest absolute Gasteiger partial charge is 0.137 e. The van der Waals surface area contributed by atoms with Gasteiger partial charge in [0.2, 0.25) is 0 Å². The van der Waals surface area contributed by atoms with E-state index in [1.54, 1.807) is 11.3 Å². The van der Waals surface area contributed by atoms with Crippen LogP contribution in [0.3, 0.4) is 0 Å². The molecule has 0 spiro atoms. The molecule has 0 aliphatic carbocycles. The number of hydrogen-bond acceptors (Lipinski definition) is 2. The largest absolute Gasteiger partial charge is 0.337 e. The molecule has 0 radical (unpaired) electrons. The molecule has 0 fully saturated rings. The Hall–Kier alpha value is -2.13. The molecule has 0 aliphatic rings. The van der Waals surface area contributed by atoms with Crippen molar-refractivity contribution in [1.29, 1.82) is 0 Å². The molecule has 2 nitrogen and oxygen atoms in total. The Morgan fingerprint density at radius 3 is 2.67 bits per heavy atom. The second-order valence-corrected chi connectivity index (χ2v) is 4.90. The fraction of sp³-hybridized carbons (Fsp3) is 0. The highest BCUT2D eigenvalue weighted by Crippen LogP contribution is 2.25. The van der Waals surface area contributed by atoms with Gasteiger partial charge in [0, 0.05) is 5.56 Å².